The van der Waals surface area contributed by atoms with Gasteiger partial charge in [0.15, 0.2) is 5.78 Å². The van der Waals surface area contributed by atoms with E-state index in [0.717, 1.165) is 57.6 Å². The molecule has 0 bridgehead atoms. The molecule has 5 heteroatoms. The van der Waals surface area contributed by atoms with Crippen LogP contribution in [0.15, 0.2) is 11.8 Å². The number of carbonyl (C=O) groups excluding carboxylic acids is 3. The molecule has 2 aliphatic rings. The van der Waals surface area contributed by atoms with Crippen molar-refractivity contribution in [3.05, 3.63) is 11.8 Å². The summed E-state index contributed by atoms with van der Waals surface area (Å²) in [5.41, 5.74) is -1.20. The molecule has 5 atom stereocenters. The van der Waals surface area contributed by atoms with Crippen LogP contribution in [0.1, 0.15) is 140 Å². The molecular formula is C35H60O5. The maximum Gasteiger partial charge on any atom is 0.311 e. The van der Waals surface area contributed by atoms with Crippen LogP contribution >= 0.6 is 0 Å². The zero-order valence-electron chi connectivity index (χ0n) is 27.9. The highest BCUT2D eigenvalue weighted by Gasteiger charge is 2.64. The molecular weight excluding hydrogens is 500 g/mol. The zero-order chi connectivity index (χ0) is 30.9. The topological polar surface area (TPSA) is 80.7 Å². The van der Waals surface area contributed by atoms with E-state index in [-0.39, 0.29) is 51.0 Å². The number of ether oxygens (including phenoxy) is 1. The van der Waals surface area contributed by atoms with Crippen molar-refractivity contribution in [2.45, 2.75) is 140 Å². The third-order valence-electron chi connectivity index (χ3n) is 12.1. The molecule has 0 aromatic rings. The molecule has 0 unspecified atom stereocenters. The van der Waals surface area contributed by atoms with E-state index in [4.69, 9.17) is 4.74 Å². The predicted octanol–water partition coefficient (Wildman–Crippen LogP) is 9.04. The van der Waals surface area contributed by atoms with E-state index in [1.165, 1.54) is 7.11 Å². The molecule has 230 valence electrons. The summed E-state index contributed by atoms with van der Waals surface area (Å²) in [6, 6.07) is 0. The second-order valence-corrected chi connectivity index (χ2v) is 16.2. The van der Waals surface area contributed by atoms with E-state index >= 15 is 0 Å². The predicted molar refractivity (Wildman–Crippen MR) is 163 cm³/mol. The summed E-state index contributed by atoms with van der Waals surface area (Å²) in [5.74, 6) is 0.228. The quantitative estimate of drug-likeness (QED) is 0.146. The summed E-state index contributed by atoms with van der Waals surface area (Å²) >= 11 is 0. The van der Waals surface area contributed by atoms with Crippen LogP contribution in [0.2, 0.25) is 0 Å². The summed E-state index contributed by atoms with van der Waals surface area (Å²) in [5, 5.41) is 10.1. The fraction of sp³-hybridized carbons (Fsp3) is 0.857. The van der Waals surface area contributed by atoms with Gasteiger partial charge in [0.2, 0.25) is 0 Å². The Morgan fingerprint density at radius 3 is 2.08 bits per heavy atom. The number of aliphatic hydroxyl groups is 1. The van der Waals surface area contributed by atoms with Crippen LogP contribution in [0.4, 0.5) is 0 Å². The van der Waals surface area contributed by atoms with Gasteiger partial charge in [0.1, 0.15) is 5.78 Å². The number of aliphatic hydroxyl groups excluding tert-OH is 1. The van der Waals surface area contributed by atoms with Crippen molar-refractivity contribution < 1.29 is 24.2 Å². The fourth-order valence-electron chi connectivity index (χ4n) is 8.94. The van der Waals surface area contributed by atoms with Gasteiger partial charge in [0, 0.05) is 17.4 Å². The highest BCUT2D eigenvalue weighted by atomic mass is 16.5. The van der Waals surface area contributed by atoms with Gasteiger partial charge in [-0.3, -0.25) is 9.59 Å². The average Bonchev–Trinajstić information content (AvgIpc) is 2.85. The van der Waals surface area contributed by atoms with Crippen molar-refractivity contribution in [1.29, 1.82) is 0 Å². The van der Waals surface area contributed by atoms with Crippen LogP contribution in [0.3, 0.4) is 0 Å². The van der Waals surface area contributed by atoms with Gasteiger partial charge in [-0.25, -0.2) is 0 Å². The Morgan fingerprint density at radius 1 is 1.00 bits per heavy atom. The summed E-state index contributed by atoms with van der Waals surface area (Å²) in [7, 11) is 1.49. The number of esters is 1. The van der Waals surface area contributed by atoms with Crippen LogP contribution in [-0.4, -0.2) is 29.8 Å². The maximum absolute atomic E-state index is 13.3. The van der Waals surface area contributed by atoms with Gasteiger partial charge in [-0.15, -0.1) is 0 Å². The SMILES string of the molecule is CCCC(C)(C)CC[C@@](C)(CCC(C)(C)[C@]1(C)CC[C@H]2C(C)(C)C(=O)C(=CO)C[C@]2(C)[C@H]1CC(C)=O)C(=O)OC. The summed E-state index contributed by atoms with van der Waals surface area (Å²) in [4.78, 5) is 39.3. The third-order valence-corrected chi connectivity index (χ3v) is 12.1. The van der Waals surface area contributed by atoms with Crippen molar-refractivity contribution in [2.75, 3.05) is 7.11 Å². The molecule has 0 radical (unpaired) electrons. The lowest BCUT2D eigenvalue weighted by Crippen LogP contribution is -2.61. The monoisotopic (exact) mass is 560 g/mol. The van der Waals surface area contributed by atoms with Crippen LogP contribution < -0.4 is 0 Å². The van der Waals surface area contributed by atoms with Crippen LogP contribution in [0.25, 0.3) is 0 Å². The summed E-state index contributed by atoms with van der Waals surface area (Å²) < 4.78 is 5.35. The van der Waals surface area contributed by atoms with Gasteiger partial charge >= 0.3 is 5.97 Å². The maximum atomic E-state index is 13.3. The molecule has 0 saturated heterocycles. The molecule has 40 heavy (non-hydrogen) atoms. The molecule has 0 aromatic heterocycles. The first-order chi connectivity index (χ1) is 18.2. The molecule has 2 aliphatic carbocycles. The Kier molecular flexibility index (Phi) is 10.3. The molecule has 5 nitrogen and oxygen atoms in total. The number of fused-ring (bicyclic) bond motifs is 1. The lowest BCUT2D eigenvalue weighted by atomic mass is 9.38. The Hall–Kier alpha value is -1.65. The summed E-state index contributed by atoms with van der Waals surface area (Å²) in [6.07, 6.45) is 9.36. The Morgan fingerprint density at radius 2 is 1.57 bits per heavy atom. The van der Waals surface area contributed by atoms with Gasteiger partial charge in [-0.1, -0.05) is 68.7 Å². The second kappa shape index (κ2) is 11.9. The minimum absolute atomic E-state index is 0.0294. The molecule has 0 amide bonds. The first kappa shape index (κ1) is 34.6. The lowest BCUT2D eigenvalue weighted by Gasteiger charge is -2.65. The summed E-state index contributed by atoms with van der Waals surface area (Å²) in [6.45, 7) is 23.8. The number of hydrogen-bond donors (Lipinski definition) is 1. The number of methoxy groups -OCH3 is 1. The smallest absolute Gasteiger partial charge is 0.311 e. The number of rotatable bonds is 12. The van der Waals surface area contributed by atoms with Gasteiger partial charge < -0.3 is 14.6 Å². The minimum Gasteiger partial charge on any atom is -0.515 e. The Bertz CT molecular complexity index is 988. The van der Waals surface area contributed by atoms with Gasteiger partial charge in [-0.2, -0.15) is 0 Å². The Labute approximate surface area is 245 Å². The van der Waals surface area contributed by atoms with E-state index in [9.17, 15) is 19.5 Å². The van der Waals surface area contributed by atoms with E-state index in [2.05, 4.69) is 55.4 Å². The largest absolute Gasteiger partial charge is 0.515 e. The molecule has 1 N–H and O–H groups in total. The van der Waals surface area contributed by atoms with Crippen molar-refractivity contribution in [3.63, 3.8) is 0 Å². The Balaban J connectivity index is 2.47. The fourth-order valence-corrected chi connectivity index (χ4v) is 8.94. The normalized spacial score (nSPS) is 31.4. The molecule has 0 heterocycles. The number of carbonyl (C=O) groups is 3. The van der Waals surface area contributed by atoms with Crippen molar-refractivity contribution >= 4 is 17.5 Å². The highest BCUT2D eigenvalue weighted by Crippen LogP contribution is 2.69. The number of allylic oxidation sites excluding steroid dienone is 1. The number of Topliss-reactive ketones (excluding diaryl/α,β-unsaturated/α-hetero) is 2. The molecule has 2 saturated carbocycles. The molecule has 2 rings (SSSR count). The average molecular weight is 561 g/mol. The molecule has 0 spiro atoms. The van der Waals surface area contributed by atoms with E-state index in [1.54, 1.807) is 6.92 Å². The molecule has 0 aliphatic heterocycles. The van der Waals surface area contributed by atoms with E-state index < -0.39 is 10.8 Å². The van der Waals surface area contributed by atoms with Crippen LogP contribution in [0, 0.1) is 44.3 Å². The second-order valence-electron chi connectivity index (χ2n) is 16.2. The first-order valence-corrected chi connectivity index (χ1v) is 15.6. The number of ketones is 2. The van der Waals surface area contributed by atoms with Crippen molar-refractivity contribution in [2.24, 2.45) is 44.3 Å². The lowest BCUT2D eigenvalue weighted by molar-refractivity contribution is -0.173. The number of hydrogen-bond acceptors (Lipinski definition) is 5. The van der Waals surface area contributed by atoms with E-state index in [1.807, 2.05) is 13.8 Å². The van der Waals surface area contributed by atoms with Gasteiger partial charge in [-0.05, 0) is 98.7 Å². The first-order valence-electron chi connectivity index (χ1n) is 15.6. The molecule has 0 aromatic carbocycles. The van der Waals surface area contributed by atoms with Crippen molar-refractivity contribution in [1.82, 2.24) is 0 Å². The van der Waals surface area contributed by atoms with Gasteiger partial charge in [0.25, 0.3) is 0 Å². The molecule has 2 fully saturated rings. The van der Waals surface area contributed by atoms with Gasteiger partial charge in [0.05, 0.1) is 18.8 Å². The minimum atomic E-state index is -0.600. The highest BCUT2D eigenvalue weighted by molar-refractivity contribution is 6.00. The van der Waals surface area contributed by atoms with Crippen LogP contribution in [0.5, 0.6) is 0 Å². The third kappa shape index (κ3) is 6.38. The van der Waals surface area contributed by atoms with Crippen LogP contribution in [-0.2, 0) is 19.1 Å². The standard InChI is InChI=1S/C35H60O5/c1-13-15-30(3,4)17-19-33(9,29(39)40-12)20-18-31(5,6)35(11)16-14-26-32(7,8)28(38)25(23-36)22-34(26,10)27(35)21-24(2)37/h23,26-27,36H,13-22H2,1-12H3/t26-,27+,33-,34-,35+/m0/s1. The van der Waals surface area contributed by atoms with E-state index in [0.29, 0.717) is 18.4 Å². The van der Waals surface area contributed by atoms with Crippen molar-refractivity contribution in [3.8, 4) is 0 Å². The zero-order valence-corrected chi connectivity index (χ0v) is 27.9.